The monoisotopic (exact) mass is 202 g/mol. The molecule has 0 heterocycles. The summed E-state index contributed by atoms with van der Waals surface area (Å²) in [6.07, 6.45) is 5.04. The van der Waals surface area contributed by atoms with Gasteiger partial charge in [-0.3, -0.25) is 4.79 Å². The molecule has 1 aromatic rings. The van der Waals surface area contributed by atoms with Crippen LogP contribution in [0, 0.1) is 13.8 Å². The lowest BCUT2D eigenvalue weighted by molar-refractivity contribution is -0.114. The summed E-state index contributed by atoms with van der Waals surface area (Å²) < 4.78 is 0. The molecule has 1 rings (SSSR count). The molecule has 0 unspecified atom stereocenters. The minimum absolute atomic E-state index is 0.189. The summed E-state index contributed by atoms with van der Waals surface area (Å²) in [5.41, 5.74) is 3.57. The molecule has 0 radical (unpaired) electrons. The van der Waals surface area contributed by atoms with Crippen molar-refractivity contribution in [1.29, 1.82) is 0 Å². The molecule has 0 aromatic heterocycles. The van der Waals surface area contributed by atoms with Crippen molar-refractivity contribution < 1.29 is 4.79 Å². The summed E-state index contributed by atoms with van der Waals surface area (Å²) in [5.74, 6) is 0.189. The second-order valence-electron chi connectivity index (χ2n) is 3.82. The van der Waals surface area contributed by atoms with Gasteiger partial charge in [0.1, 0.15) is 0 Å². The Bertz CT molecular complexity index is 355. The third kappa shape index (κ3) is 3.35. The molecule has 0 aliphatic heterocycles. The highest BCUT2D eigenvalue weighted by atomic mass is 16.1. The fourth-order valence-electron chi connectivity index (χ4n) is 1.61. The van der Waals surface area contributed by atoms with Crippen LogP contribution in [0.5, 0.6) is 0 Å². The third-order valence-electron chi connectivity index (χ3n) is 2.53. The van der Waals surface area contributed by atoms with Gasteiger partial charge in [-0.25, -0.2) is 0 Å². The predicted molar refractivity (Wildman–Crippen MR) is 64.1 cm³/mol. The first-order chi connectivity index (χ1) is 7.15. The molecule has 0 saturated heterocycles. The predicted octanol–water partition coefficient (Wildman–Crippen LogP) is 3.38. The Balaban J connectivity index is 2.80. The Hall–Kier alpha value is -1.37. The lowest BCUT2D eigenvalue weighted by atomic mass is 9.98. The van der Waals surface area contributed by atoms with E-state index in [1.807, 2.05) is 19.1 Å². The number of benzene rings is 1. The van der Waals surface area contributed by atoms with Crippen molar-refractivity contribution in [2.75, 3.05) is 0 Å². The highest BCUT2D eigenvalue weighted by Crippen LogP contribution is 2.14. The van der Waals surface area contributed by atoms with Crippen molar-refractivity contribution in [2.24, 2.45) is 0 Å². The SMILES string of the molecule is CC/C=C/C(=O)Cc1c(C)cccc1C. The molecule has 1 aromatic carbocycles. The van der Waals surface area contributed by atoms with Crippen LogP contribution in [0.1, 0.15) is 30.0 Å². The molecule has 1 nitrogen and oxygen atoms in total. The minimum Gasteiger partial charge on any atom is -0.294 e. The largest absolute Gasteiger partial charge is 0.294 e. The van der Waals surface area contributed by atoms with E-state index in [1.54, 1.807) is 6.08 Å². The highest BCUT2D eigenvalue weighted by Gasteiger charge is 2.05. The average molecular weight is 202 g/mol. The number of ketones is 1. The van der Waals surface area contributed by atoms with Gasteiger partial charge in [0.25, 0.3) is 0 Å². The molecule has 0 N–H and O–H groups in total. The first kappa shape index (κ1) is 11.7. The van der Waals surface area contributed by atoms with Gasteiger partial charge in [0.15, 0.2) is 5.78 Å². The van der Waals surface area contributed by atoms with Gasteiger partial charge < -0.3 is 0 Å². The Morgan fingerprint density at radius 2 is 1.87 bits per heavy atom. The Morgan fingerprint density at radius 1 is 1.27 bits per heavy atom. The zero-order valence-electron chi connectivity index (χ0n) is 9.71. The molecule has 80 valence electrons. The van der Waals surface area contributed by atoms with Crippen LogP contribution in [0.25, 0.3) is 0 Å². The van der Waals surface area contributed by atoms with E-state index in [9.17, 15) is 4.79 Å². The molecule has 15 heavy (non-hydrogen) atoms. The van der Waals surface area contributed by atoms with E-state index in [0.717, 1.165) is 6.42 Å². The molecule has 0 aliphatic carbocycles. The van der Waals surface area contributed by atoms with Crippen LogP contribution in [-0.4, -0.2) is 5.78 Å². The molecule has 0 amide bonds. The Morgan fingerprint density at radius 3 is 2.40 bits per heavy atom. The first-order valence-electron chi connectivity index (χ1n) is 5.39. The molecule has 0 spiro atoms. The maximum atomic E-state index is 11.6. The summed E-state index contributed by atoms with van der Waals surface area (Å²) in [6, 6.07) is 6.14. The molecule has 0 saturated carbocycles. The van der Waals surface area contributed by atoms with E-state index in [1.165, 1.54) is 16.7 Å². The summed E-state index contributed by atoms with van der Waals surface area (Å²) >= 11 is 0. The van der Waals surface area contributed by atoms with Crippen LogP contribution in [0.4, 0.5) is 0 Å². The van der Waals surface area contributed by atoms with E-state index in [0.29, 0.717) is 6.42 Å². The fourth-order valence-corrected chi connectivity index (χ4v) is 1.61. The first-order valence-corrected chi connectivity index (χ1v) is 5.39. The van der Waals surface area contributed by atoms with Crippen molar-refractivity contribution in [3.05, 3.63) is 47.0 Å². The Kier molecular flexibility index (Phi) is 4.29. The van der Waals surface area contributed by atoms with Crippen molar-refractivity contribution >= 4 is 5.78 Å². The smallest absolute Gasteiger partial charge is 0.159 e. The maximum absolute atomic E-state index is 11.6. The molecule has 1 heteroatoms. The van der Waals surface area contributed by atoms with Gasteiger partial charge in [-0.15, -0.1) is 0 Å². The van der Waals surface area contributed by atoms with E-state index in [2.05, 4.69) is 26.0 Å². The van der Waals surface area contributed by atoms with Crippen molar-refractivity contribution in [2.45, 2.75) is 33.6 Å². The quantitative estimate of drug-likeness (QED) is 0.684. The second-order valence-corrected chi connectivity index (χ2v) is 3.82. The molecular weight excluding hydrogens is 184 g/mol. The number of aryl methyl sites for hydroxylation is 2. The van der Waals surface area contributed by atoms with Gasteiger partial charge in [0.05, 0.1) is 0 Å². The number of hydrogen-bond acceptors (Lipinski definition) is 1. The zero-order chi connectivity index (χ0) is 11.3. The molecule has 0 bridgehead atoms. The standard InChI is InChI=1S/C14H18O/c1-4-5-9-13(15)10-14-11(2)7-6-8-12(14)3/h5-9H,4,10H2,1-3H3/b9-5+. The number of carbonyl (C=O) groups is 1. The maximum Gasteiger partial charge on any atom is 0.159 e. The van der Waals surface area contributed by atoms with Crippen LogP contribution in [0.2, 0.25) is 0 Å². The van der Waals surface area contributed by atoms with Gasteiger partial charge in [0, 0.05) is 6.42 Å². The third-order valence-corrected chi connectivity index (χ3v) is 2.53. The summed E-state index contributed by atoms with van der Waals surface area (Å²) in [6.45, 7) is 6.14. The van der Waals surface area contributed by atoms with Gasteiger partial charge in [-0.1, -0.05) is 31.2 Å². The number of hydrogen-bond donors (Lipinski definition) is 0. The topological polar surface area (TPSA) is 17.1 Å². The van der Waals surface area contributed by atoms with Gasteiger partial charge >= 0.3 is 0 Å². The van der Waals surface area contributed by atoms with Crippen LogP contribution in [0.3, 0.4) is 0 Å². The van der Waals surface area contributed by atoms with Crippen molar-refractivity contribution in [3.63, 3.8) is 0 Å². The number of allylic oxidation sites excluding steroid dienone is 2. The summed E-state index contributed by atoms with van der Waals surface area (Å²) in [7, 11) is 0. The van der Waals surface area contributed by atoms with E-state index in [4.69, 9.17) is 0 Å². The van der Waals surface area contributed by atoms with Crippen molar-refractivity contribution in [3.8, 4) is 0 Å². The highest BCUT2D eigenvalue weighted by molar-refractivity contribution is 5.91. The van der Waals surface area contributed by atoms with Gasteiger partial charge in [-0.05, 0) is 43.0 Å². The lowest BCUT2D eigenvalue weighted by Gasteiger charge is -2.07. The average Bonchev–Trinajstić information content (AvgIpc) is 2.21. The summed E-state index contributed by atoms with van der Waals surface area (Å²) in [4.78, 5) is 11.6. The van der Waals surface area contributed by atoms with E-state index in [-0.39, 0.29) is 5.78 Å². The number of carbonyl (C=O) groups excluding carboxylic acids is 1. The summed E-state index contributed by atoms with van der Waals surface area (Å²) in [5, 5.41) is 0. The molecule has 0 fully saturated rings. The van der Waals surface area contributed by atoms with Gasteiger partial charge in [-0.2, -0.15) is 0 Å². The van der Waals surface area contributed by atoms with Crippen LogP contribution in [0.15, 0.2) is 30.4 Å². The number of rotatable bonds is 4. The van der Waals surface area contributed by atoms with Crippen LogP contribution >= 0.6 is 0 Å². The Labute approximate surface area is 91.8 Å². The fraction of sp³-hybridized carbons (Fsp3) is 0.357. The molecular formula is C14H18O. The normalized spacial score (nSPS) is 10.9. The van der Waals surface area contributed by atoms with Crippen molar-refractivity contribution in [1.82, 2.24) is 0 Å². The van der Waals surface area contributed by atoms with E-state index >= 15 is 0 Å². The minimum atomic E-state index is 0.189. The van der Waals surface area contributed by atoms with Crippen LogP contribution < -0.4 is 0 Å². The second kappa shape index (κ2) is 5.50. The van der Waals surface area contributed by atoms with Gasteiger partial charge in [0.2, 0.25) is 0 Å². The van der Waals surface area contributed by atoms with Crippen LogP contribution in [-0.2, 0) is 11.2 Å². The molecule has 0 aliphatic rings. The molecule has 0 atom stereocenters. The lowest BCUT2D eigenvalue weighted by Crippen LogP contribution is -2.02. The van der Waals surface area contributed by atoms with E-state index < -0.39 is 0 Å². The zero-order valence-corrected chi connectivity index (χ0v) is 9.71.